The molecule has 24 heavy (non-hydrogen) atoms. The van der Waals surface area contributed by atoms with Gasteiger partial charge in [0.25, 0.3) is 0 Å². The number of likely N-dealkylation sites (tertiary alicyclic amines) is 1. The van der Waals surface area contributed by atoms with E-state index < -0.39 is 0 Å². The van der Waals surface area contributed by atoms with Crippen LogP contribution in [0, 0.1) is 0 Å². The van der Waals surface area contributed by atoms with Gasteiger partial charge >= 0.3 is 0 Å². The maximum Gasteiger partial charge on any atom is 0.194 e. The molecule has 1 aliphatic heterocycles. The average molecular weight is 343 g/mol. The highest BCUT2D eigenvalue weighted by molar-refractivity contribution is 7.09. The van der Waals surface area contributed by atoms with Gasteiger partial charge in [0.1, 0.15) is 0 Å². The zero-order valence-electron chi connectivity index (χ0n) is 14.5. The Morgan fingerprint density at radius 1 is 1.33 bits per heavy atom. The first-order chi connectivity index (χ1) is 11.8. The second-order valence-electron chi connectivity index (χ2n) is 6.10. The molecule has 1 aliphatic rings. The van der Waals surface area contributed by atoms with Gasteiger partial charge in [-0.25, -0.2) is 9.98 Å². The molecule has 0 amide bonds. The number of nitrogens with one attached hydrogen (secondary N) is 1. The first-order valence-electron chi connectivity index (χ1n) is 8.81. The summed E-state index contributed by atoms with van der Waals surface area (Å²) in [6, 6.07) is 10.8. The van der Waals surface area contributed by atoms with Crippen molar-refractivity contribution < 1.29 is 0 Å². The van der Waals surface area contributed by atoms with Crippen molar-refractivity contribution in [3.05, 3.63) is 52.0 Å². The summed E-state index contributed by atoms with van der Waals surface area (Å²) >= 11 is 1.73. The van der Waals surface area contributed by atoms with Gasteiger partial charge in [-0.2, -0.15) is 0 Å². The summed E-state index contributed by atoms with van der Waals surface area (Å²) in [6.45, 7) is 7.91. The van der Waals surface area contributed by atoms with Crippen LogP contribution in [0.1, 0.15) is 42.5 Å². The Bertz CT molecular complexity index is 665. The number of rotatable bonds is 5. The Morgan fingerprint density at radius 2 is 2.17 bits per heavy atom. The van der Waals surface area contributed by atoms with Crippen molar-refractivity contribution in [1.82, 2.24) is 15.2 Å². The van der Waals surface area contributed by atoms with Gasteiger partial charge in [0.15, 0.2) is 5.96 Å². The molecule has 1 aromatic carbocycles. The molecule has 1 atom stereocenters. The van der Waals surface area contributed by atoms with Gasteiger partial charge in [-0.05, 0) is 25.3 Å². The lowest BCUT2D eigenvalue weighted by Crippen LogP contribution is -2.40. The summed E-state index contributed by atoms with van der Waals surface area (Å²) in [4.78, 5) is 11.8. The fourth-order valence-electron chi connectivity index (χ4n) is 3.12. The van der Waals surface area contributed by atoms with E-state index in [1.165, 1.54) is 17.0 Å². The lowest BCUT2D eigenvalue weighted by atomic mass is 9.99. The quantitative estimate of drug-likeness (QED) is 0.666. The van der Waals surface area contributed by atoms with Crippen LogP contribution in [0.25, 0.3) is 0 Å². The van der Waals surface area contributed by atoms with Gasteiger partial charge in [-0.3, -0.25) is 0 Å². The lowest BCUT2D eigenvalue weighted by Gasteiger charge is -2.21. The highest BCUT2D eigenvalue weighted by Gasteiger charge is 2.25. The standard InChI is InChI=1S/C19H26N4S/c1-3-18-22-17(14-24-18)12-21-19(20-4-2)23-11-10-16(13-23)15-8-6-5-7-9-15/h5-9,14,16H,3-4,10-13H2,1-2H3,(H,20,21). The van der Waals surface area contributed by atoms with Crippen LogP contribution in [0.2, 0.25) is 0 Å². The molecule has 1 fully saturated rings. The molecule has 0 aliphatic carbocycles. The van der Waals surface area contributed by atoms with Crippen molar-refractivity contribution in [2.45, 2.75) is 39.2 Å². The number of guanidine groups is 1. The number of thiazole rings is 1. The summed E-state index contributed by atoms with van der Waals surface area (Å²) < 4.78 is 0. The molecule has 0 radical (unpaired) electrons. The van der Waals surface area contributed by atoms with E-state index in [-0.39, 0.29) is 0 Å². The van der Waals surface area contributed by atoms with Crippen LogP contribution >= 0.6 is 11.3 Å². The van der Waals surface area contributed by atoms with E-state index in [0.717, 1.165) is 37.7 Å². The predicted octanol–water partition coefficient (Wildman–Crippen LogP) is 3.66. The molecule has 3 rings (SSSR count). The van der Waals surface area contributed by atoms with Gasteiger partial charge in [0.2, 0.25) is 0 Å². The average Bonchev–Trinajstić information content (AvgIpc) is 3.29. The molecule has 1 unspecified atom stereocenters. The van der Waals surface area contributed by atoms with Crippen LogP contribution in [0.15, 0.2) is 40.7 Å². The van der Waals surface area contributed by atoms with Gasteiger partial charge in [-0.1, -0.05) is 37.3 Å². The van der Waals surface area contributed by atoms with Crippen molar-refractivity contribution >= 4 is 17.3 Å². The predicted molar refractivity (Wildman–Crippen MR) is 102 cm³/mol. The third-order valence-electron chi connectivity index (χ3n) is 4.39. The Kier molecular flexibility index (Phi) is 5.86. The van der Waals surface area contributed by atoms with Crippen LogP contribution < -0.4 is 5.32 Å². The van der Waals surface area contributed by atoms with Crippen LogP contribution in [-0.2, 0) is 13.0 Å². The highest BCUT2D eigenvalue weighted by Crippen LogP contribution is 2.27. The molecular formula is C19H26N4S. The molecule has 1 N–H and O–H groups in total. The Hall–Kier alpha value is -1.88. The summed E-state index contributed by atoms with van der Waals surface area (Å²) in [5.41, 5.74) is 2.51. The zero-order valence-corrected chi connectivity index (χ0v) is 15.4. The molecule has 0 bridgehead atoms. The van der Waals surface area contributed by atoms with E-state index in [4.69, 9.17) is 4.99 Å². The first kappa shape index (κ1) is 17.0. The number of hydrogen-bond donors (Lipinski definition) is 1. The highest BCUT2D eigenvalue weighted by atomic mass is 32.1. The third kappa shape index (κ3) is 4.15. The van der Waals surface area contributed by atoms with E-state index in [0.29, 0.717) is 12.5 Å². The molecule has 1 saturated heterocycles. The minimum atomic E-state index is 0.598. The van der Waals surface area contributed by atoms with Gasteiger partial charge < -0.3 is 10.2 Å². The molecular weight excluding hydrogens is 316 g/mol. The van der Waals surface area contributed by atoms with Crippen LogP contribution in [0.3, 0.4) is 0 Å². The third-order valence-corrected chi connectivity index (χ3v) is 5.43. The number of benzene rings is 1. The topological polar surface area (TPSA) is 40.5 Å². The first-order valence-corrected chi connectivity index (χ1v) is 9.69. The monoisotopic (exact) mass is 342 g/mol. The van der Waals surface area contributed by atoms with E-state index in [2.05, 4.69) is 64.8 Å². The van der Waals surface area contributed by atoms with Crippen molar-refractivity contribution in [2.24, 2.45) is 4.99 Å². The molecule has 2 aromatic rings. The normalized spacial score (nSPS) is 18.2. The number of aromatic nitrogens is 1. The van der Waals surface area contributed by atoms with Gasteiger partial charge in [0, 0.05) is 30.9 Å². The number of nitrogens with zero attached hydrogens (tertiary/aromatic N) is 3. The largest absolute Gasteiger partial charge is 0.357 e. The lowest BCUT2D eigenvalue weighted by molar-refractivity contribution is 0.486. The maximum absolute atomic E-state index is 4.82. The Balaban J connectivity index is 1.66. The summed E-state index contributed by atoms with van der Waals surface area (Å²) in [5, 5.41) is 6.76. The summed E-state index contributed by atoms with van der Waals surface area (Å²) in [7, 11) is 0. The molecule has 128 valence electrons. The number of aryl methyl sites for hydroxylation is 1. The second kappa shape index (κ2) is 8.29. The van der Waals surface area contributed by atoms with Crippen LogP contribution in [-0.4, -0.2) is 35.5 Å². The van der Waals surface area contributed by atoms with E-state index >= 15 is 0 Å². The number of aliphatic imine (C=N–C) groups is 1. The van der Waals surface area contributed by atoms with E-state index in [1.54, 1.807) is 11.3 Å². The second-order valence-corrected chi connectivity index (χ2v) is 7.04. The van der Waals surface area contributed by atoms with Gasteiger partial charge in [-0.15, -0.1) is 11.3 Å². The van der Waals surface area contributed by atoms with Crippen molar-refractivity contribution in [2.75, 3.05) is 19.6 Å². The number of hydrogen-bond acceptors (Lipinski definition) is 3. The van der Waals surface area contributed by atoms with Crippen LogP contribution in [0.4, 0.5) is 0 Å². The Labute approximate surface area is 148 Å². The molecule has 1 aromatic heterocycles. The zero-order chi connectivity index (χ0) is 16.8. The summed E-state index contributed by atoms with van der Waals surface area (Å²) in [5.74, 6) is 1.61. The van der Waals surface area contributed by atoms with Crippen molar-refractivity contribution in [1.29, 1.82) is 0 Å². The fourth-order valence-corrected chi connectivity index (χ4v) is 3.85. The fraction of sp³-hybridized carbons (Fsp3) is 0.474. The Morgan fingerprint density at radius 3 is 2.88 bits per heavy atom. The molecule has 0 saturated carbocycles. The molecule has 0 spiro atoms. The van der Waals surface area contributed by atoms with Gasteiger partial charge in [0.05, 0.1) is 17.2 Å². The van der Waals surface area contributed by atoms with Crippen LogP contribution in [0.5, 0.6) is 0 Å². The van der Waals surface area contributed by atoms with E-state index in [9.17, 15) is 0 Å². The minimum Gasteiger partial charge on any atom is -0.357 e. The summed E-state index contributed by atoms with van der Waals surface area (Å²) in [6.07, 6.45) is 2.18. The van der Waals surface area contributed by atoms with Crippen molar-refractivity contribution in [3.8, 4) is 0 Å². The molecule has 4 nitrogen and oxygen atoms in total. The van der Waals surface area contributed by atoms with Crippen molar-refractivity contribution in [3.63, 3.8) is 0 Å². The molecule has 2 heterocycles. The minimum absolute atomic E-state index is 0.598. The SMILES string of the molecule is CCNC(=NCc1csc(CC)n1)N1CCC(c2ccccc2)C1. The van der Waals surface area contributed by atoms with E-state index in [1.807, 2.05) is 0 Å². The smallest absolute Gasteiger partial charge is 0.194 e. The maximum atomic E-state index is 4.82. The molecule has 5 heteroatoms.